The lowest BCUT2D eigenvalue weighted by Crippen LogP contribution is -2.24. The maximum Gasteiger partial charge on any atom is 0.126 e. The molecule has 1 aromatic heterocycles. The molecule has 21 heavy (non-hydrogen) atoms. The minimum Gasteiger partial charge on any atom is -0.306 e. The standard InChI is InChI=1S/C17H24FN3/c1-5-9-19-17(13-8-7-12(3)15(18)10-13)14-11-21(4)20-16(14)6-2/h7-8,10-11,17,19H,5-6,9H2,1-4H3. The minimum atomic E-state index is -0.155. The van der Waals surface area contributed by atoms with Crippen molar-refractivity contribution in [3.05, 3.63) is 52.6 Å². The monoisotopic (exact) mass is 289 g/mol. The van der Waals surface area contributed by atoms with Gasteiger partial charge in [-0.2, -0.15) is 5.10 Å². The number of aromatic nitrogens is 2. The van der Waals surface area contributed by atoms with E-state index in [2.05, 4.69) is 24.3 Å². The second kappa shape index (κ2) is 6.85. The van der Waals surface area contributed by atoms with Gasteiger partial charge in [-0.3, -0.25) is 4.68 Å². The molecule has 0 spiro atoms. The molecule has 1 aromatic carbocycles. The molecular weight excluding hydrogens is 265 g/mol. The number of aryl methyl sites for hydroxylation is 3. The average Bonchev–Trinajstić information content (AvgIpc) is 2.84. The van der Waals surface area contributed by atoms with Gasteiger partial charge in [-0.1, -0.05) is 26.0 Å². The summed E-state index contributed by atoms with van der Waals surface area (Å²) in [5, 5.41) is 8.02. The number of nitrogens with zero attached hydrogens (tertiary/aromatic N) is 2. The van der Waals surface area contributed by atoms with E-state index in [9.17, 15) is 4.39 Å². The highest BCUT2D eigenvalue weighted by Crippen LogP contribution is 2.26. The zero-order chi connectivity index (χ0) is 15.4. The summed E-state index contributed by atoms with van der Waals surface area (Å²) >= 11 is 0. The van der Waals surface area contributed by atoms with Gasteiger partial charge in [0.25, 0.3) is 0 Å². The van der Waals surface area contributed by atoms with E-state index < -0.39 is 0 Å². The van der Waals surface area contributed by atoms with Crippen LogP contribution in [-0.2, 0) is 13.5 Å². The molecule has 0 aliphatic carbocycles. The van der Waals surface area contributed by atoms with E-state index in [1.807, 2.05) is 30.1 Å². The summed E-state index contributed by atoms with van der Waals surface area (Å²) in [5.41, 5.74) is 3.83. The largest absolute Gasteiger partial charge is 0.306 e. The molecule has 1 atom stereocenters. The van der Waals surface area contributed by atoms with Gasteiger partial charge >= 0.3 is 0 Å². The Morgan fingerprint density at radius 2 is 2.10 bits per heavy atom. The maximum absolute atomic E-state index is 13.9. The predicted octanol–water partition coefficient (Wildman–Crippen LogP) is 3.52. The van der Waals surface area contributed by atoms with Crippen LogP contribution in [0.4, 0.5) is 4.39 Å². The molecule has 0 aliphatic heterocycles. The molecule has 1 heterocycles. The smallest absolute Gasteiger partial charge is 0.126 e. The molecule has 0 saturated heterocycles. The van der Waals surface area contributed by atoms with Crippen molar-refractivity contribution < 1.29 is 4.39 Å². The summed E-state index contributed by atoms with van der Waals surface area (Å²) in [6.45, 7) is 6.90. The topological polar surface area (TPSA) is 29.9 Å². The third-order valence-corrected chi connectivity index (χ3v) is 3.71. The average molecular weight is 289 g/mol. The van der Waals surface area contributed by atoms with Crippen LogP contribution in [0.2, 0.25) is 0 Å². The summed E-state index contributed by atoms with van der Waals surface area (Å²) < 4.78 is 15.7. The molecule has 1 unspecified atom stereocenters. The van der Waals surface area contributed by atoms with Crippen LogP contribution in [0, 0.1) is 12.7 Å². The normalized spacial score (nSPS) is 12.6. The van der Waals surface area contributed by atoms with Crippen molar-refractivity contribution in [3.63, 3.8) is 0 Å². The Labute approximate surface area is 126 Å². The Morgan fingerprint density at radius 3 is 2.71 bits per heavy atom. The van der Waals surface area contributed by atoms with Crippen LogP contribution >= 0.6 is 0 Å². The van der Waals surface area contributed by atoms with Crippen molar-refractivity contribution in [3.8, 4) is 0 Å². The lowest BCUT2D eigenvalue weighted by atomic mass is 9.97. The molecule has 0 saturated carbocycles. The molecule has 114 valence electrons. The molecule has 0 bridgehead atoms. The molecule has 4 heteroatoms. The molecule has 0 amide bonds. The highest BCUT2D eigenvalue weighted by Gasteiger charge is 2.20. The third kappa shape index (κ3) is 3.50. The van der Waals surface area contributed by atoms with Gasteiger partial charge in [-0.25, -0.2) is 4.39 Å². The van der Waals surface area contributed by atoms with E-state index in [1.165, 1.54) is 0 Å². The number of benzene rings is 1. The minimum absolute atomic E-state index is 0.0105. The van der Waals surface area contributed by atoms with Gasteiger partial charge in [0, 0.05) is 18.8 Å². The Bertz CT molecular complexity index is 604. The van der Waals surface area contributed by atoms with Gasteiger partial charge < -0.3 is 5.32 Å². The van der Waals surface area contributed by atoms with Crippen molar-refractivity contribution in [1.29, 1.82) is 0 Å². The summed E-state index contributed by atoms with van der Waals surface area (Å²) in [4.78, 5) is 0. The molecule has 0 radical (unpaired) electrons. The lowest BCUT2D eigenvalue weighted by Gasteiger charge is -2.19. The summed E-state index contributed by atoms with van der Waals surface area (Å²) in [7, 11) is 1.93. The van der Waals surface area contributed by atoms with Crippen LogP contribution in [0.25, 0.3) is 0 Å². The van der Waals surface area contributed by atoms with E-state index in [0.29, 0.717) is 5.56 Å². The van der Waals surface area contributed by atoms with E-state index in [0.717, 1.165) is 36.2 Å². The van der Waals surface area contributed by atoms with Crippen LogP contribution in [0.15, 0.2) is 24.4 Å². The summed E-state index contributed by atoms with van der Waals surface area (Å²) in [6, 6.07) is 5.46. The number of hydrogen-bond acceptors (Lipinski definition) is 2. The Morgan fingerprint density at radius 1 is 1.33 bits per heavy atom. The van der Waals surface area contributed by atoms with Crippen molar-refractivity contribution >= 4 is 0 Å². The zero-order valence-corrected chi connectivity index (χ0v) is 13.3. The fourth-order valence-corrected chi connectivity index (χ4v) is 2.55. The van der Waals surface area contributed by atoms with Gasteiger partial charge in [-0.15, -0.1) is 0 Å². The quantitative estimate of drug-likeness (QED) is 0.882. The first kappa shape index (κ1) is 15.7. The number of hydrogen-bond donors (Lipinski definition) is 1. The molecule has 3 nitrogen and oxygen atoms in total. The summed E-state index contributed by atoms with van der Waals surface area (Å²) in [5.74, 6) is -0.155. The molecule has 1 N–H and O–H groups in total. The number of nitrogens with one attached hydrogen (secondary N) is 1. The fraction of sp³-hybridized carbons (Fsp3) is 0.471. The van der Waals surface area contributed by atoms with E-state index in [4.69, 9.17) is 0 Å². The van der Waals surface area contributed by atoms with Crippen LogP contribution in [0.1, 0.15) is 48.7 Å². The van der Waals surface area contributed by atoms with Crippen LogP contribution in [0.5, 0.6) is 0 Å². The lowest BCUT2D eigenvalue weighted by molar-refractivity contribution is 0.579. The molecule has 2 rings (SSSR count). The molecule has 0 fully saturated rings. The van der Waals surface area contributed by atoms with Crippen molar-refractivity contribution in [2.45, 2.75) is 39.7 Å². The van der Waals surface area contributed by atoms with Gasteiger partial charge in [0.15, 0.2) is 0 Å². The first-order valence-electron chi connectivity index (χ1n) is 7.58. The van der Waals surface area contributed by atoms with Crippen molar-refractivity contribution in [2.24, 2.45) is 7.05 Å². The zero-order valence-electron chi connectivity index (χ0n) is 13.3. The summed E-state index contributed by atoms with van der Waals surface area (Å²) in [6.07, 6.45) is 3.94. The van der Waals surface area contributed by atoms with E-state index in [-0.39, 0.29) is 11.9 Å². The van der Waals surface area contributed by atoms with E-state index >= 15 is 0 Å². The molecule has 0 aliphatic rings. The van der Waals surface area contributed by atoms with Crippen LogP contribution in [0.3, 0.4) is 0 Å². The second-order valence-corrected chi connectivity index (χ2v) is 5.45. The third-order valence-electron chi connectivity index (χ3n) is 3.71. The first-order chi connectivity index (χ1) is 10.1. The van der Waals surface area contributed by atoms with Gasteiger partial charge in [0.2, 0.25) is 0 Å². The van der Waals surface area contributed by atoms with Gasteiger partial charge in [0.1, 0.15) is 5.82 Å². The Balaban J connectivity index is 2.43. The molecule has 2 aromatic rings. The first-order valence-corrected chi connectivity index (χ1v) is 7.58. The second-order valence-electron chi connectivity index (χ2n) is 5.45. The Kier molecular flexibility index (Phi) is 5.12. The Hall–Kier alpha value is -1.68. The fourth-order valence-electron chi connectivity index (χ4n) is 2.55. The number of halogens is 1. The van der Waals surface area contributed by atoms with Gasteiger partial charge in [0.05, 0.1) is 11.7 Å². The predicted molar refractivity (Wildman–Crippen MR) is 83.9 cm³/mol. The SMILES string of the molecule is CCCNC(c1ccc(C)c(F)c1)c1cn(C)nc1CC. The van der Waals surface area contributed by atoms with Crippen LogP contribution in [-0.4, -0.2) is 16.3 Å². The van der Waals surface area contributed by atoms with Crippen molar-refractivity contribution in [2.75, 3.05) is 6.54 Å². The van der Waals surface area contributed by atoms with Crippen LogP contribution < -0.4 is 5.32 Å². The van der Waals surface area contributed by atoms with Crippen molar-refractivity contribution in [1.82, 2.24) is 15.1 Å². The highest BCUT2D eigenvalue weighted by molar-refractivity contribution is 5.35. The highest BCUT2D eigenvalue weighted by atomic mass is 19.1. The molecular formula is C17H24FN3. The maximum atomic E-state index is 13.9. The van der Waals surface area contributed by atoms with Gasteiger partial charge in [-0.05, 0) is 43.5 Å². The van der Waals surface area contributed by atoms with E-state index in [1.54, 1.807) is 13.0 Å². The number of rotatable bonds is 6.